The van der Waals surface area contributed by atoms with Gasteiger partial charge in [0.1, 0.15) is 6.17 Å². The van der Waals surface area contributed by atoms with Crippen LogP contribution in [-0.4, -0.2) is 34.4 Å². The molecule has 20 heavy (non-hydrogen) atoms. The molecule has 0 saturated carbocycles. The summed E-state index contributed by atoms with van der Waals surface area (Å²) in [6, 6.07) is 8.17. The Morgan fingerprint density at radius 1 is 1.35 bits per heavy atom. The number of nitrogens with one attached hydrogen (secondary N) is 1. The third kappa shape index (κ3) is 3.01. The molecule has 1 heterocycles. The predicted octanol–water partition coefficient (Wildman–Crippen LogP) is 2.96. The van der Waals surface area contributed by atoms with Crippen LogP contribution in [0.25, 0.3) is 0 Å². The van der Waals surface area contributed by atoms with Crippen molar-refractivity contribution in [1.82, 2.24) is 10.2 Å². The van der Waals surface area contributed by atoms with E-state index in [1.54, 1.807) is 11.8 Å². The molecule has 1 saturated heterocycles. The molecule has 1 fully saturated rings. The fraction of sp³-hybridized carbons (Fsp3) is 0.562. The molecular formula is C16H24N2OS. The highest BCUT2D eigenvalue weighted by Crippen LogP contribution is 2.32. The van der Waals surface area contributed by atoms with Gasteiger partial charge in [-0.1, -0.05) is 24.3 Å². The highest BCUT2D eigenvalue weighted by atomic mass is 32.2. The molecule has 0 aromatic heterocycles. The van der Waals surface area contributed by atoms with Crippen LogP contribution in [0, 0.1) is 6.92 Å². The molecule has 1 aromatic carbocycles. The number of amides is 1. The molecule has 2 atom stereocenters. The van der Waals surface area contributed by atoms with E-state index in [1.807, 2.05) is 24.0 Å². The molecule has 1 aliphatic heterocycles. The first-order chi connectivity index (χ1) is 9.35. The van der Waals surface area contributed by atoms with E-state index in [2.05, 4.69) is 44.5 Å². The average Bonchev–Trinajstić information content (AvgIpc) is 2.67. The van der Waals surface area contributed by atoms with Gasteiger partial charge >= 0.3 is 0 Å². The standard InChI is InChI=1S/C16H24N2OS/c1-11-8-6-7-9-13(11)14-17-12(2)15(19)18(14)10-16(3,4)20-5/h6-9,12,14,17H,10H2,1-5H3. The van der Waals surface area contributed by atoms with Gasteiger partial charge in [-0.05, 0) is 45.1 Å². The molecule has 0 spiro atoms. The molecular weight excluding hydrogens is 268 g/mol. The summed E-state index contributed by atoms with van der Waals surface area (Å²) in [5.74, 6) is 0.195. The molecule has 1 aromatic rings. The van der Waals surface area contributed by atoms with Gasteiger partial charge in [-0.2, -0.15) is 11.8 Å². The molecule has 110 valence electrons. The smallest absolute Gasteiger partial charge is 0.241 e. The van der Waals surface area contributed by atoms with Crippen molar-refractivity contribution < 1.29 is 4.79 Å². The summed E-state index contributed by atoms with van der Waals surface area (Å²) in [5.41, 5.74) is 2.42. The van der Waals surface area contributed by atoms with Crippen LogP contribution in [0.15, 0.2) is 24.3 Å². The van der Waals surface area contributed by atoms with Gasteiger partial charge in [0, 0.05) is 11.3 Å². The topological polar surface area (TPSA) is 32.3 Å². The minimum atomic E-state index is -0.114. The molecule has 2 unspecified atom stereocenters. The number of carbonyl (C=O) groups excluding carboxylic acids is 1. The maximum Gasteiger partial charge on any atom is 0.241 e. The van der Waals surface area contributed by atoms with E-state index in [4.69, 9.17) is 0 Å². The summed E-state index contributed by atoms with van der Waals surface area (Å²) in [5, 5.41) is 3.42. The van der Waals surface area contributed by atoms with E-state index >= 15 is 0 Å². The second-order valence-corrected chi connectivity index (χ2v) is 7.59. The Bertz CT molecular complexity index is 501. The van der Waals surface area contributed by atoms with Gasteiger partial charge < -0.3 is 4.90 Å². The maximum atomic E-state index is 12.4. The van der Waals surface area contributed by atoms with E-state index in [-0.39, 0.29) is 22.9 Å². The summed E-state index contributed by atoms with van der Waals surface area (Å²) >= 11 is 1.80. The summed E-state index contributed by atoms with van der Waals surface area (Å²) in [6.45, 7) is 9.16. The van der Waals surface area contributed by atoms with Crippen molar-refractivity contribution in [3.63, 3.8) is 0 Å². The van der Waals surface area contributed by atoms with E-state index in [9.17, 15) is 4.79 Å². The van der Waals surface area contributed by atoms with Crippen molar-refractivity contribution in [3.8, 4) is 0 Å². The monoisotopic (exact) mass is 292 g/mol. The van der Waals surface area contributed by atoms with Gasteiger partial charge in [0.2, 0.25) is 5.91 Å². The molecule has 1 N–H and O–H groups in total. The zero-order valence-electron chi connectivity index (χ0n) is 12.9. The van der Waals surface area contributed by atoms with Gasteiger partial charge in [-0.15, -0.1) is 0 Å². The number of thioether (sulfide) groups is 1. The van der Waals surface area contributed by atoms with E-state index < -0.39 is 0 Å². The lowest BCUT2D eigenvalue weighted by Crippen LogP contribution is -2.40. The molecule has 3 nitrogen and oxygen atoms in total. The molecule has 1 amide bonds. The number of rotatable bonds is 4. The Labute approximate surface area is 126 Å². The van der Waals surface area contributed by atoms with Crippen LogP contribution in [0.5, 0.6) is 0 Å². The van der Waals surface area contributed by atoms with Crippen LogP contribution in [-0.2, 0) is 4.79 Å². The summed E-state index contributed by atoms with van der Waals surface area (Å²) in [4.78, 5) is 14.4. The van der Waals surface area contributed by atoms with Crippen LogP contribution in [0.2, 0.25) is 0 Å². The minimum Gasteiger partial charge on any atom is -0.320 e. The van der Waals surface area contributed by atoms with E-state index in [1.165, 1.54) is 11.1 Å². The first-order valence-electron chi connectivity index (χ1n) is 7.03. The second kappa shape index (κ2) is 5.78. The third-order valence-corrected chi connectivity index (χ3v) is 5.19. The number of aryl methyl sites for hydroxylation is 1. The Balaban J connectivity index is 2.31. The molecule has 0 radical (unpaired) electrons. The first-order valence-corrected chi connectivity index (χ1v) is 8.25. The van der Waals surface area contributed by atoms with Gasteiger partial charge in [-0.3, -0.25) is 10.1 Å². The predicted molar refractivity (Wildman–Crippen MR) is 85.8 cm³/mol. The molecule has 0 bridgehead atoms. The van der Waals surface area contributed by atoms with Crippen molar-refractivity contribution in [2.24, 2.45) is 0 Å². The lowest BCUT2D eigenvalue weighted by atomic mass is 10.1. The fourth-order valence-corrected chi connectivity index (χ4v) is 2.84. The van der Waals surface area contributed by atoms with Crippen LogP contribution in [0.1, 0.15) is 38.1 Å². The van der Waals surface area contributed by atoms with Crippen LogP contribution >= 0.6 is 11.8 Å². The largest absolute Gasteiger partial charge is 0.320 e. The van der Waals surface area contributed by atoms with Crippen molar-refractivity contribution in [2.45, 2.75) is 44.6 Å². The molecule has 4 heteroatoms. The van der Waals surface area contributed by atoms with Crippen LogP contribution < -0.4 is 5.32 Å². The number of hydrogen-bond donors (Lipinski definition) is 1. The number of benzene rings is 1. The van der Waals surface area contributed by atoms with E-state index in [0.717, 1.165) is 6.54 Å². The third-order valence-electron chi connectivity index (χ3n) is 3.96. The first kappa shape index (κ1) is 15.4. The van der Waals surface area contributed by atoms with E-state index in [0.29, 0.717) is 0 Å². The number of nitrogens with zero attached hydrogens (tertiary/aromatic N) is 1. The van der Waals surface area contributed by atoms with Gasteiger partial charge in [0.25, 0.3) is 0 Å². The van der Waals surface area contributed by atoms with Crippen molar-refractivity contribution >= 4 is 17.7 Å². The highest BCUT2D eigenvalue weighted by Gasteiger charge is 2.39. The summed E-state index contributed by atoms with van der Waals surface area (Å²) in [7, 11) is 0. The van der Waals surface area contributed by atoms with Crippen molar-refractivity contribution in [3.05, 3.63) is 35.4 Å². The highest BCUT2D eigenvalue weighted by molar-refractivity contribution is 7.99. The normalized spacial score (nSPS) is 23.4. The maximum absolute atomic E-state index is 12.4. The quantitative estimate of drug-likeness (QED) is 0.926. The lowest BCUT2D eigenvalue weighted by molar-refractivity contribution is -0.130. The Kier molecular flexibility index (Phi) is 4.45. The van der Waals surface area contributed by atoms with Gasteiger partial charge in [0.05, 0.1) is 6.04 Å². The lowest BCUT2D eigenvalue weighted by Gasteiger charge is -2.33. The van der Waals surface area contributed by atoms with Crippen molar-refractivity contribution in [1.29, 1.82) is 0 Å². The zero-order chi connectivity index (χ0) is 14.9. The zero-order valence-corrected chi connectivity index (χ0v) is 13.8. The molecule has 2 rings (SSSR count). The summed E-state index contributed by atoms with van der Waals surface area (Å²) in [6.07, 6.45) is 2.09. The number of hydrogen-bond acceptors (Lipinski definition) is 3. The Morgan fingerprint density at radius 3 is 2.60 bits per heavy atom. The fourth-order valence-electron chi connectivity index (χ4n) is 2.57. The Hall–Kier alpha value is -1.00. The molecule has 0 aliphatic carbocycles. The van der Waals surface area contributed by atoms with Crippen LogP contribution in [0.4, 0.5) is 0 Å². The van der Waals surface area contributed by atoms with Gasteiger partial charge in [-0.25, -0.2) is 0 Å². The SMILES string of the molecule is CSC(C)(C)CN1C(=O)C(C)NC1c1ccccc1C. The number of carbonyl (C=O) groups is 1. The van der Waals surface area contributed by atoms with Crippen LogP contribution in [0.3, 0.4) is 0 Å². The van der Waals surface area contributed by atoms with Gasteiger partial charge in [0.15, 0.2) is 0 Å². The second-order valence-electron chi connectivity index (χ2n) is 6.08. The van der Waals surface area contributed by atoms with Crippen molar-refractivity contribution in [2.75, 3.05) is 12.8 Å². The summed E-state index contributed by atoms with van der Waals surface area (Å²) < 4.78 is 0.0579. The Morgan fingerprint density at radius 2 is 2.00 bits per heavy atom. The minimum absolute atomic E-state index is 0.00914. The molecule has 1 aliphatic rings. The average molecular weight is 292 g/mol.